The minimum Gasteiger partial charge on any atom is -0.508 e. The van der Waals surface area contributed by atoms with E-state index in [9.17, 15) is 44.2 Å². The molecule has 0 bridgehead atoms. The van der Waals surface area contributed by atoms with Gasteiger partial charge in [-0.1, -0.05) is 52.7 Å². The predicted molar refractivity (Wildman–Crippen MR) is 133 cm³/mol. The van der Waals surface area contributed by atoms with E-state index in [4.69, 9.17) is 0 Å². The highest BCUT2D eigenvalue weighted by atomic mass is 32.2. The molecule has 12 heteroatoms. The van der Waals surface area contributed by atoms with Crippen LogP contribution in [0.3, 0.4) is 0 Å². The van der Waals surface area contributed by atoms with Gasteiger partial charge in [0.05, 0.1) is 0 Å². The van der Waals surface area contributed by atoms with Crippen LogP contribution in [-0.4, -0.2) is 12.1 Å². The molecule has 0 aromatic heterocycles. The lowest BCUT2D eigenvalue weighted by molar-refractivity contribution is 0.377. The Labute approximate surface area is 219 Å². The zero-order valence-electron chi connectivity index (χ0n) is 19.7. The average Bonchev–Trinajstić information content (AvgIpc) is 2.92. The maximum Gasteiger partial charge on any atom is 0.515 e. The summed E-state index contributed by atoms with van der Waals surface area (Å²) < 4.78 is 111. The molecule has 4 rings (SSSR count). The largest absolute Gasteiger partial charge is 0.515 e. The minimum absolute atomic E-state index is 0.195. The van der Waals surface area contributed by atoms with Gasteiger partial charge < -0.3 is 18.1 Å². The molecular formula is C27H17BF8O2S. The van der Waals surface area contributed by atoms with Gasteiger partial charge in [-0.3, -0.25) is 0 Å². The molecule has 0 spiro atoms. The van der Waals surface area contributed by atoms with Crippen molar-refractivity contribution in [3.05, 3.63) is 125 Å². The monoisotopic (exact) mass is 568 g/mol. The number of aromatic hydroxyl groups is 1. The van der Waals surface area contributed by atoms with Gasteiger partial charge in [0.2, 0.25) is 0 Å². The maximum atomic E-state index is 13.6. The Morgan fingerprint density at radius 3 is 1.62 bits per heavy atom. The van der Waals surface area contributed by atoms with Crippen LogP contribution in [0, 0.1) is 40.3 Å². The number of halogens is 8. The second kappa shape index (κ2) is 12.2. The lowest BCUT2D eigenvalue weighted by atomic mass is 9.79. The summed E-state index contributed by atoms with van der Waals surface area (Å²) in [4.78, 5) is 0.724. The summed E-state index contributed by atoms with van der Waals surface area (Å²) in [6.45, 7) is -6.30. The number of hydrogen-bond donors (Lipinski definition) is 1. The molecule has 0 aliphatic carbocycles. The zero-order chi connectivity index (χ0) is 28.8. The first-order valence-corrected chi connectivity index (χ1v) is 12.7. The van der Waals surface area contributed by atoms with Gasteiger partial charge in [0, 0.05) is 11.1 Å². The van der Waals surface area contributed by atoms with Crippen LogP contribution < -0.4 is 5.46 Å². The fraction of sp³-hybridized carbons (Fsp3) is 0.0370. The van der Waals surface area contributed by atoms with Crippen LogP contribution in [0.15, 0.2) is 89.8 Å². The van der Waals surface area contributed by atoms with Gasteiger partial charge in [-0.25, -0.2) is 22.0 Å². The van der Waals surface area contributed by atoms with Crippen LogP contribution in [0.25, 0.3) is 0 Å². The number of phenolic OH excluding ortho intramolecular Hbond substituents is 1. The van der Waals surface area contributed by atoms with Crippen molar-refractivity contribution in [3.8, 4) is 16.9 Å². The van der Waals surface area contributed by atoms with Crippen molar-refractivity contribution < 1.29 is 44.2 Å². The third-order valence-electron chi connectivity index (χ3n) is 5.14. The summed E-state index contributed by atoms with van der Waals surface area (Å²) in [7, 11) is -2.57. The molecule has 202 valence electrons. The summed E-state index contributed by atoms with van der Waals surface area (Å²) in [6, 6.07) is 25.7. The molecule has 0 heterocycles. The molecule has 4 aromatic rings. The average molecular weight is 568 g/mol. The van der Waals surface area contributed by atoms with Crippen LogP contribution in [0.1, 0.15) is 11.1 Å². The van der Waals surface area contributed by atoms with Gasteiger partial charge in [-0.15, -0.1) is 0 Å². The van der Waals surface area contributed by atoms with E-state index in [1.165, 1.54) is 0 Å². The van der Waals surface area contributed by atoms with Gasteiger partial charge in [-0.05, 0) is 47.8 Å². The summed E-state index contributed by atoms with van der Waals surface area (Å²) in [6.07, 6.45) is 0. The minimum atomic E-state index is -6.30. The van der Waals surface area contributed by atoms with Gasteiger partial charge in [0.15, 0.2) is 43.3 Å². The Balaban J connectivity index is 0.000000242. The summed E-state index contributed by atoms with van der Waals surface area (Å²) in [5.74, 6) is -10.0. The topological polar surface area (TPSA) is 37.3 Å². The number of rotatable bonds is 4. The normalized spacial score (nSPS) is 12.4. The fourth-order valence-corrected chi connectivity index (χ4v) is 5.12. The van der Waals surface area contributed by atoms with Gasteiger partial charge in [0.25, 0.3) is 0 Å². The third-order valence-corrected chi connectivity index (χ3v) is 7.34. The first-order valence-electron chi connectivity index (χ1n) is 11.0. The molecule has 1 N–H and O–H groups in total. The summed E-state index contributed by atoms with van der Waals surface area (Å²) in [5.41, 5.74) is -1.01. The van der Waals surface area contributed by atoms with E-state index in [1.54, 1.807) is 24.3 Å². The highest BCUT2D eigenvalue weighted by molar-refractivity contribution is 8.06. The van der Waals surface area contributed by atoms with Crippen molar-refractivity contribution in [2.45, 2.75) is 10.6 Å². The van der Waals surface area contributed by atoms with Crippen molar-refractivity contribution in [2.75, 3.05) is 0 Å². The molecule has 4 aromatic carbocycles. The number of benzene rings is 4. The lowest BCUT2D eigenvalue weighted by Gasteiger charge is -2.17. The SMILES string of the molecule is Fc1c(F)c(F)c([B-](F)(F)F)c(F)c1F.O=[S+](C#Cc1ccccc1)(Cc1ccc(O)cc1)c1ccccc1. The Hall–Kier alpha value is -4.11. The fourth-order valence-electron chi connectivity index (χ4n) is 3.22. The van der Waals surface area contributed by atoms with Crippen LogP contribution >= 0.6 is 0 Å². The van der Waals surface area contributed by atoms with Crippen molar-refractivity contribution in [1.29, 1.82) is 0 Å². The molecule has 0 saturated heterocycles. The van der Waals surface area contributed by atoms with E-state index in [2.05, 4.69) is 11.2 Å². The quantitative estimate of drug-likeness (QED) is 0.0727. The van der Waals surface area contributed by atoms with Crippen LogP contribution in [0.4, 0.5) is 34.9 Å². The Morgan fingerprint density at radius 1 is 0.667 bits per heavy atom. The standard InChI is InChI=1S/C21H16O2S.C6BF8/c22-20-13-11-19(12-14-20)17-24(23,21-9-5-2-6-10-21)16-15-18-7-3-1-4-8-18;8-2-1(7(13,14)15)3(9)5(11)6(12)4(2)10/h1-14H,17H2;/q;-1/p+1. The van der Waals surface area contributed by atoms with Crippen LogP contribution in [0.5, 0.6) is 5.75 Å². The van der Waals surface area contributed by atoms with E-state index in [0.717, 1.165) is 16.0 Å². The Kier molecular flexibility index (Phi) is 9.19. The van der Waals surface area contributed by atoms with E-state index >= 15 is 0 Å². The van der Waals surface area contributed by atoms with Gasteiger partial charge >= 0.3 is 6.98 Å². The van der Waals surface area contributed by atoms with E-state index in [0.29, 0.717) is 5.75 Å². The van der Waals surface area contributed by atoms with Crippen LogP contribution in [-0.2, 0) is 19.9 Å². The summed E-state index contributed by atoms with van der Waals surface area (Å²) in [5, 5.41) is 12.4. The highest BCUT2D eigenvalue weighted by Gasteiger charge is 2.38. The van der Waals surface area contributed by atoms with Crippen molar-refractivity contribution >= 4 is 22.4 Å². The maximum absolute atomic E-state index is 13.6. The lowest BCUT2D eigenvalue weighted by Crippen LogP contribution is -2.41. The molecule has 0 aliphatic rings. The number of phenols is 1. The van der Waals surface area contributed by atoms with Crippen molar-refractivity contribution in [2.24, 2.45) is 0 Å². The first-order chi connectivity index (χ1) is 18.3. The van der Waals surface area contributed by atoms with E-state index < -0.39 is 51.5 Å². The molecule has 0 amide bonds. The van der Waals surface area contributed by atoms with Crippen molar-refractivity contribution in [3.63, 3.8) is 0 Å². The van der Waals surface area contributed by atoms with E-state index in [-0.39, 0.29) is 5.75 Å². The predicted octanol–water partition coefficient (Wildman–Crippen LogP) is 6.90. The molecule has 2 nitrogen and oxygen atoms in total. The van der Waals surface area contributed by atoms with Crippen LogP contribution in [0.2, 0.25) is 0 Å². The number of hydrogen-bond acceptors (Lipinski definition) is 2. The van der Waals surface area contributed by atoms with E-state index in [1.807, 2.05) is 60.7 Å². The second-order valence-corrected chi connectivity index (χ2v) is 10.3. The van der Waals surface area contributed by atoms with Gasteiger partial charge in [-0.2, -0.15) is 0 Å². The first kappa shape index (κ1) is 29.5. The van der Waals surface area contributed by atoms with Gasteiger partial charge in [0.1, 0.15) is 17.4 Å². The smallest absolute Gasteiger partial charge is 0.508 e. The molecule has 0 aliphatic heterocycles. The van der Waals surface area contributed by atoms with Crippen molar-refractivity contribution in [1.82, 2.24) is 0 Å². The summed E-state index contributed by atoms with van der Waals surface area (Å²) >= 11 is 0. The molecule has 0 saturated carbocycles. The molecule has 0 radical (unpaired) electrons. The molecule has 0 fully saturated rings. The zero-order valence-corrected chi connectivity index (χ0v) is 20.5. The Morgan fingerprint density at radius 2 is 1.13 bits per heavy atom. The Bertz CT molecular complexity index is 1520. The molecule has 1 atom stereocenters. The third kappa shape index (κ3) is 7.26. The molecule has 1 unspecified atom stereocenters. The molecule has 39 heavy (non-hydrogen) atoms. The second-order valence-electron chi connectivity index (χ2n) is 7.95. The molecular weight excluding hydrogens is 551 g/mol. The highest BCUT2D eigenvalue weighted by Crippen LogP contribution is 2.25.